The molecule has 1 saturated heterocycles. The number of carbonyl (C=O) groups excluding carboxylic acids is 1. The Morgan fingerprint density at radius 3 is 2.68 bits per heavy atom. The highest BCUT2D eigenvalue weighted by Gasteiger charge is 2.35. The molecule has 0 bridgehead atoms. The van der Waals surface area contributed by atoms with Gasteiger partial charge in [0.05, 0.1) is 12.0 Å². The Morgan fingerprint density at radius 2 is 2.00 bits per heavy atom. The van der Waals surface area contributed by atoms with Crippen LogP contribution in [0.15, 0.2) is 30.3 Å². The van der Waals surface area contributed by atoms with E-state index in [1.54, 1.807) is 0 Å². The molecule has 25 heavy (non-hydrogen) atoms. The molecule has 2 aliphatic rings. The predicted molar refractivity (Wildman–Crippen MR) is 100 cm³/mol. The Bertz CT molecular complexity index is 554. The summed E-state index contributed by atoms with van der Waals surface area (Å²) >= 11 is 0. The third kappa shape index (κ3) is 5.05. The molecule has 1 aliphatic heterocycles. The Labute approximate surface area is 151 Å². The molecule has 1 aliphatic carbocycles. The molecule has 1 atom stereocenters. The zero-order valence-electron chi connectivity index (χ0n) is 15.5. The van der Waals surface area contributed by atoms with Crippen LogP contribution in [0.2, 0.25) is 0 Å². The molecule has 2 fully saturated rings. The van der Waals surface area contributed by atoms with Gasteiger partial charge in [0.1, 0.15) is 0 Å². The van der Waals surface area contributed by atoms with Gasteiger partial charge in [-0.1, -0.05) is 43.2 Å². The number of aliphatic hydroxyl groups is 1. The minimum Gasteiger partial charge on any atom is -0.389 e. The lowest BCUT2D eigenvalue weighted by Gasteiger charge is -2.29. The second kappa shape index (κ2) is 8.33. The summed E-state index contributed by atoms with van der Waals surface area (Å²) in [7, 11) is 0. The molecule has 1 aromatic rings. The van der Waals surface area contributed by atoms with Gasteiger partial charge < -0.3 is 10.0 Å². The number of nitrogens with zero attached hydrogens (tertiary/aromatic N) is 2. The van der Waals surface area contributed by atoms with Crippen molar-refractivity contribution in [3.05, 3.63) is 35.9 Å². The first-order valence-electron chi connectivity index (χ1n) is 9.84. The molecule has 1 amide bonds. The summed E-state index contributed by atoms with van der Waals surface area (Å²) in [5, 5.41) is 10.5. The lowest BCUT2D eigenvalue weighted by molar-refractivity contribution is -0.136. The first-order chi connectivity index (χ1) is 12.1. The number of hydrogen-bond donors (Lipinski definition) is 1. The van der Waals surface area contributed by atoms with Crippen molar-refractivity contribution in [3.63, 3.8) is 0 Å². The van der Waals surface area contributed by atoms with Crippen LogP contribution in [0.1, 0.15) is 51.0 Å². The van der Waals surface area contributed by atoms with Crippen LogP contribution < -0.4 is 0 Å². The van der Waals surface area contributed by atoms with E-state index < -0.39 is 5.60 Å². The smallest absolute Gasteiger partial charge is 0.225 e. The Morgan fingerprint density at radius 1 is 1.28 bits per heavy atom. The molecular formula is C21H32N2O2. The van der Waals surface area contributed by atoms with Gasteiger partial charge >= 0.3 is 0 Å². The molecule has 0 aromatic heterocycles. The maximum Gasteiger partial charge on any atom is 0.225 e. The third-order valence-electron chi connectivity index (χ3n) is 5.85. The summed E-state index contributed by atoms with van der Waals surface area (Å²) in [5.41, 5.74) is 0.620. The van der Waals surface area contributed by atoms with Crippen molar-refractivity contribution in [1.29, 1.82) is 0 Å². The van der Waals surface area contributed by atoms with E-state index in [9.17, 15) is 9.90 Å². The average molecular weight is 344 g/mol. The van der Waals surface area contributed by atoms with E-state index in [0.29, 0.717) is 12.3 Å². The molecule has 4 nitrogen and oxygen atoms in total. The van der Waals surface area contributed by atoms with Gasteiger partial charge in [-0.05, 0) is 44.2 Å². The molecule has 1 heterocycles. The van der Waals surface area contributed by atoms with Crippen molar-refractivity contribution in [2.75, 3.05) is 26.2 Å². The fourth-order valence-electron chi connectivity index (χ4n) is 4.37. The zero-order valence-corrected chi connectivity index (χ0v) is 15.5. The summed E-state index contributed by atoms with van der Waals surface area (Å²) in [6.45, 7) is 6.78. The number of benzene rings is 1. The summed E-state index contributed by atoms with van der Waals surface area (Å²) in [6, 6.07) is 10.6. The monoisotopic (exact) mass is 344 g/mol. The van der Waals surface area contributed by atoms with Gasteiger partial charge in [0, 0.05) is 26.2 Å². The number of rotatable bonds is 7. The highest BCUT2D eigenvalue weighted by atomic mass is 16.3. The number of likely N-dealkylation sites (tertiary alicyclic amines) is 1. The lowest BCUT2D eigenvalue weighted by atomic mass is 9.97. The number of amides is 1. The van der Waals surface area contributed by atoms with Gasteiger partial charge in [0.2, 0.25) is 5.91 Å². The standard InChI is InChI=1S/C21H32N2O2/c1-2-23(20(24)14-21(25)11-6-7-12-21)17-19-10-13-22(16-19)15-18-8-4-3-5-9-18/h3-5,8-9,19,25H,2,6-7,10-17H2,1H3. The average Bonchev–Trinajstić information content (AvgIpc) is 3.22. The van der Waals surface area contributed by atoms with Gasteiger partial charge in [-0.3, -0.25) is 9.69 Å². The van der Waals surface area contributed by atoms with Crippen molar-refractivity contribution in [2.24, 2.45) is 5.92 Å². The Hall–Kier alpha value is -1.39. The second-order valence-electron chi connectivity index (χ2n) is 7.92. The molecule has 4 heteroatoms. The summed E-state index contributed by atoms with van der Waals surface area (Å²) in [6.07, 6.45) is 5.12. The van der Waals surface area contributed by atoms with Crippen LogP contribution in [-0.2, 0) is 11.3 Å². The molecule has 0 radical (unpaired) electrons. The maximum atomic E-state index is 12.6. The molecule has 3 rings (SSSR count). The van der Waals surface area contributed by atoms with Crippen LogP contribution >= 0.6 is 0 Å². The van der Waals surface area contributed by atoms with E-state index in [-0.39, 0.29) is 5.91 Å². The molecule has 1 saturated carbocycles. The van der Waals surface area contributed by atoms with Gasteiger partial charge in [-0.25, -0.2) is 0 Å². The van der Waals surface area contributed by atoms with E-state index >= 15 is 0 Å². The first-order valence-corrected chi connectivity index (χ1v) is 9.84. The van der Waals surface area contributed by atoms with Crippen LogP contribution in [0.4, 0.5) is 0 Å². The lowest BCUT2D eigenvalue weighted by Crippen LogP contribution is -2.40. The Balaban J connectivity index is 1.48. The van der Waals surface area contributed by atoms with E-state index in [1.165, 1.54) is 5.56 Å². The maximum absolute atomic E-state index is 12.6. The van der Waals surface area contributed by atoms with Gasteiger partial charge in [0.25, 0.3) is 0 Å². The molecule has 1 unspecified atom stereocenters. The quantitative estimate of drug-likeness (QED) is 0.827. The first kappa shape index (κ1) is 18.4. The number of hydrogen-bond acceptors (Lipinski definition) is 3. The molecule has 0 spiro atoms. The van der Waals surface area contributed by atoms with Crippen molar-refractivity contribution in [3.8, 4) is 0 Å². The molecule has 138 valence electrons. The fourth-order valence-corrected chi connectivity index (χ4v) is 4.37. The molecular weight excluding hydrogens is 312 g/mol. The van der Waals surface area contributed by atoms with Crippen LogP contribution in [-0.4, -0.2) is 52.6 Å². The van der Waals surface area contributed by atoms with Gasteiger partial charge in [-0.15, -0.1) is 0 Å². The predicted octanol–water partition coefficient (Wildman–Crippen LogP) is 3.05. The van der Waals surface area contributed by atoms with Crippen molar-refractivity contribution in [1.82, 2.24) is 9.80 Å². The highest BCUT2D eigenvalue weighted by Crippen LogP contribution is 2.33. The third-order valence-corrected chi connectivity index (χ3v) is 5.85. The summed E-state index contributed by atoms with van der Waals surface area (Å²) in [4.78, 5) is 17.1. The van der Waals surface area contributed by atoms with Crippen LogP contribution in [0.3, 0.4) is 0 Å². The molecule has 1 N–H and O–H groups in total. The normalized spacial score (nSPS) is 23.0. The van der Waals surface area contributed by atoms with Gasteiger partial charge in [0.15, 0.2) is 0 Å². The topological polar surface area (TPSA) is 43.8 Å². The second-order valence-corrected chi connectivity index (χ2v) is 7.92. The van der Waals surface area contributed by atoms with Crippen LogP contribution in [0, 0.1) is 5.92 Å². The highest BCUT2D eigenvalue weighted by molar-refractivity contribution is 5.77. The van der Waals surface area contributed by atoms with Crippen LogP contribution in [0.5, 0.6) is 0 Å². The summed E-state index contributed by atoms with van der Waals surface area (Å²) in [5.74, 6) is 0.680. The van der Waals surface area contributed by atoms with E-state index in [4.69, 9.17) is 0 Å². The molecule has 1 aromatic carbocycles. The summed E-state index contributed by atoms with van der Waals surface area (Å²) < 4.78 is 0. The number of carbonyl (C=O) groups is 1. The van der Waals surface area contributed by atoms with E-state index in [2.05, 4.69) is 35.2 Å². The largest absolute Gasteiger partial charge is 0.389 e. The fraction of sp³-hybridized carbons (Fsp3) is 0.667. The van der Waals surface area contributed by atoms with E-state index in [0.717, 1.165) is 64.8 Å². The van der Waals surface area contributed by atoms with Crippen molar-refractivity contribution >= 4 is 5.91 Å². The zero-order chi connectivity index (χ0) is 17.7. The minimum atomic E-state index is -0.737. The van der Waals surface area contributed by atoms with Crippen molar-refractivity contribution in [2.45, 2.75) is 57.6 Å². The SMILES string of the molecule is CCN(CC1CCN(Cc2ccccc2)C1)C(=O)CC1(O)CCCC1. The van der Waals surface area contributed by atoms with Crippen LogP contribution in [0.25, 0.3) is 0 Å². The minimum absolute atomic E-state index is 0.133. The van der Waals surface area contributed by atoms with E-state index in [1.807, 2.05) is 11.8 Å². The van der Waals surface area contributed by atoms with Gasteiger partial charge in [-0.2, -0.15) is 0 Å². The van der Waals surface area contributed by atoms with Crippen molar-refractivity contribution < 1.29 is 9.90 Å². The Kier molecular flexibility index (Phi) is 6.13.